The van der Waals surface area contributed by atoms with Gasteiger partial charge in [0.05, 0.1) is 11.9 Å². The molecule has 0 saturated heterocycles. The number of anilines is 2. The lowest BCUT2D eigenvalue weighted by Gasteiger charge is -2.12. The van der Waals surface area contributed by atoms with Crippen LogP contribution in [0, 0.1) is 5.82 Å². The Morgan fingerprint density at radius 1 is 1.13 bits per heavy atom. The predicted octanol–water partition coefficient (Wildman–Crippen LogP) is 4.59. The second-order valence-electron chi connectivity index (χ2n) is 6.95. The van der Waals surface area contributed by atoms with Crippen LogP contribution < -0.4 is 10.6 Å². The monoisotopic (exact) mass is 403 g/mol. The molecule has 0 aliphatic heterocycles. The Kier molecular flexibility index (Phi) is 5.43. The van der Waals surface area contributed by atoms with Gasteiger partial charge in [-0.15, -0.1) is 0 Å². The third-order valence-corrected chi connectivity index (χ3v) is 4.93. The molecule has 0 atom stereocenters. The Morgan fingerprint density at radius 2 is 1.93 bits per heavy atom. The van der Waals surface area contributed by atoms with Crippen LogP contribution in [0.15, 0.2) is 61.1 Å². The van der Waals surface area contributed by atoms with Crippen molar-refractivity contribution in [2.75, 3.05) is 12.4 Å². The maximum Gasteiger partial charge on any atom is 0.251 e. The van der Waals surface area contributed by atoms with Crippen molar-refractivity contribution in [3.63, 3.8) is 0 Å². The van der Waals surface area contributed by atoms with Crippen LogP contribution in [0.1, 0.15) is 29.3 Å². The molecular weight excluding hydrogens is 381 g/mol. The average molecular weight is 403 g/mol. The smallest absolute Gasteiger partial charge is 0.251 e. The van der Waals surface area contributed by atoms with E-state index < -0.39 is 0 Å². The number of benzene rings is 2. The van der Waals surface area contributed by atoms with Crippen molar-refractivity contribution < 1.29 is 9.18 Å². The summed E-state index contributed by atoms with van der Waals surface area (Å²) in [4.78, 5) is 21.1. The topological polar surface area (TPSA) is 71.3 Å². The number of fused-ring (bicyclic) bond motifs is 1. The lowest BCUT2D eigenvalue weighted by Crippen LogP contribution is -2.19. The third kappa shape index (κ3) is 3.74. The van der Waals surface area contributed by atoms with Gasteiger partial charge < -0.3 is 10.6 Å². The Morgan fingerprint density at radius 3 is 2.67 bits per heavy atom. The summed E-state index contributed by atoms with van der Waals surface area (Å²) in [6.45, 7) is 2.08. The molecule has 0 aliphatic rings. The summed E-state index contributed by atoms with van der Waals surface area (Å²) < 4.78 is 15.2. The van der Waals surface area contributed by atoms with E-state index in [1.807, 2.05) is 28.8 Å². The molecule has 6 nitrogen and oxygen atoms in total. The van der Waals surface area contributed by atoms with Crippen LogP contribution in [0.25, 0.3) is 16.9 Å². The molecule has 0 unspecified atom stereocenters. The van der Waals surface area contributed by atoms with E-state index >= 15 is 0 Å². The normalized spacial score (nSPS) is 10.9. The summed E-state index contributed by atoms with van der Waals surface area (Å²) in [5.74, 6) is 0.225. The number of nitrogens with one attached hydrogen (secondary N) is 2. The minimum Gasteiger partial charge on any atom is -0.355 e. The maximum atomic E-state index is 13.3. The summed E-state index contributed by atoms with van der Waals surface area (Å²) in [5.41, 5.74) is 4.85. The molecule has 0 spiro atoms. The second kappa shape index (κ2) is 8.32. The molecule has 152 valence electrons. The maximum absolute atomic E-state index is 13.3. The SMILES string of the molecule is CCCc1cc(Nc2nccn3c(-c4ccc(F)cc4)cnc23)ccc1C(=O)NC. The Hall–Kier alpha value is -3.74. The van der Waals surface area contributed by atoms with Gasteiger partial charge in [0.15, 0.2) is 11.5 Å². The van der Waals surface area contributed by atoms with E-state index in [1.54, 1.807) is 31.6 Å². The van der Waals surface area contributed by atoms with Gasteiger partial charge in [0.25, 0.3) is 5.91 Å². The molecule has 2 aromatic carbocycles. The molecule has 2 heterocycles. The van der Waals surface area contributed by atoms with Crippen molar-refractivity contribution in [1.82, 2.24) is 19.7 Å². The number of aromatic nitrogens is 3. The molecule has 4 rings (SSSR count). The lowest BCUT2D eigenvalue weighted by atomic mass is 10.0. The molecule has 7 heteroatoms. The van der Waals surface area contributed by atoms with Crippen LogP contribution >= 0.6 is 0 Å². The molecule has 2 N–H and O–H groups in total. The molecule has 0 saturated carbocycles. The number of halogens is 1. The van der Waals surface area contributed by atoms with Crippen molar-refractivity contribution in [1.29, 1.82) is 0 Å². The Balaban J connectivity index is 1.70. The number of rotatable bonds is 6. The van der Waals surface area contributed by atoms with E-state index in [0.29, 0.717) is 17.0 Å². The van der Waals surface area contributed by atoms with Crippen LogP contribution in [-0.4, -0.2) is 27.3 Å². The first kappa shape index (κ1) is 19.6. The van der Waals surface area contributed by atoms with Crippen LogP contribution in [0.5, 0.6) is 0 Å². The van der Waals surface area contributed by atoms with E-state index in [2.05, 4.69) is 27.5 Å². The van der Waals surface area contributed by atoms with E-state index in [9.17, 15) is 9.18 Å². The van der Waals surface area contributed by atoms with Gasteiger partial charge in [-0.25, -0.2) is 14.4 Å². The van der Waals surface area contributed by atoms with E-state index in [1.165, 1.54) is 12.1 Å². The van der Waals surface area contributed by atoms with E-state index in [0.717, 1.165) is 35.3 Å². The van der Waals surface area contributed by atoms with Crippen molar-refractivity contribution in [2.24, 2.45) is 0 Å². The average Bonchev–Trinajstić information content (AvgIpc) is 3.19. The Labute approximate surface area is 173 Å². The summed E-state index contributed by atoms with van der Waals surface area (Å²) >= 11 is 0. The highest BCUT2D eigenvalue weighted by Gasteiger charge is 2.13. The van der Waals surface area contributed by atoms with Gasteiger partial charge in [-0.1, -0.05) is 13.3 Å². The highest BCUT2D eigenvalue weighted by molar-refractivity contribution is 5.96. The zero-order valence-corrected chi connectivity index (χ0v) is 16.8. The molecule has 0 aliphatic carbocycles. The van der Waals surface area contributed by atoms with Gasteiger partial charge in [-0.3, -0.25) is 9.20 Å². The number of aryl methyl sites for hydroxylation is 1. The fourth-order valence-electron chi connectivity index (χ4n) is 3.48. The fraction of sp³-hybridized carbons (Fsp3) is 0.174. The van der Waals surface area contributed by atoms with Gasteiger partial charge >= 0.3 is 0 Å². The summed E-state index contributed by atoms with van der Waals surface area (Å²) in [6, 6.07) is 12.0. The number of imidazole rings is 1. The first-order valence-electron chi connectivity index (χ1n) is 9.80. The highest BCUT2D eigenvalue weighted by Crippen LogP contribution is 2.26. The molecule has 0 radical (unpaired) electrons. The molecule has 30 heavy (non-hydrogen) atoms. The lowest BCUT2D eigenvalue weighted by molar-refractivity contribution is 0.0962. The standard InChI is InChI=1S/C23H22FN5O/c1-3-4-16-13-18(9-10-19(16)23(30)25-2)28-21-22-27-14-20(29(22)12-11-26-21)15-5-7-17(24)8-6-15/h5-14H,3-4H2,1-2H3,(H,25,30)(H,26,28). The predicted molar refractivity (Wildman–Crippen MR) is 115 cm³/mol. The number of carbonyl (C=O) groups excluding carboxylic acids is 1. The molecule has 0 fully saturated rings. The van der Waals surface area contributed by atoms with E-state index in [-0.39, 0.29) is 11.7 Å². The molecule has 4 aromatic rings. The number of nitrogens with zero attached hydrogens (tertiary/aromatic N) is 3. The number of hydrogen-bond donors (Lipinski definition) is 2. The largest absolute Gasteiger partial charge is 0.355 e. The van der Waals surface area contributed by atoms with Gasteiger partial charge in [-0.05, 0) is 54.4 Å². The quantitative estimate of drug-likeness (QED) is 0.494. The summed E-state index contributed by atoms with van der Waals surface area (Å²) in [7, 11) is 1.63. The minimum absolute atomic E-state index is 0.0950. The molecular formula is C23H22FN5O. The highest BCUT2D eigenvalue weighted by atomic mass is 19.1. The number of hydrogen-bond acceptors (Lipinski definition) is 4. The van der Waals surface area contributed by atoms with Gasteiger partial charge in [0.2, 0.25) is 0 Å². The van der Waals surface area contributed by atoms with Crippen LogP contribution in [-0.2, 0) is 6.42 Å². The first-order valence-corrected chi connectivity index (χ1v) is 9.80. The zero-order valence-electron chi connectivity index (χ0n) is 16.8. The minimum atomic E-state index is -0.278. The van der Waals surface area contributed by atoms with Gasteiger partial charge in [-0.2, -0.15) is 0 Å². The van der Waals surface area contributed by atoms with Crippen molar-refractivity contribution in [2.45, 2.75) is 19.8 Å². The van der Waals surface area contributed by atoms with Gasteiger partial charge in [0, 0.05) is 36.3 Å². The molecule has 1 amide bonds. The van der Waals surface area contributed by atoms with Crippen molar-refractivity contribution in [3.8, 4) is 11.3 Å². The summed E-state index contributed by atoms with van der Waals surface area (Å²) in [5, 5.41) is 6.00. The van der Waals surface area contributed by atoms with E-state index in [4.69, 9.17) is 0 Å². The fourth-order valence-corrected chi connectivity index (χ4v) is 3.48. The number of carbonyl (C=O) groups is 1. The molecule has 0 bridgehead atoms. The Bertz CT molecular complexity index is 1200. The van der Waals surface area contributed by atoms with Crippen molar-refractivity contribution >= 4 is 23.1 Å². The summed E-state index contributed by atoms with van der Waals surface area (Å²) in [6.07, 6.45) is 6.99. The zero-order chi connectivity index (χ0) is 21.1. The van der Waals surface area contributed by atoms with Gasteiger partial charge in [0.1, 0.15) is 5.82 Å². The van der Waals surface area contributed by atoms with Crippen LogP contribution in [0.4, 0.5) is 15.9 Å². The molecule has 2 aromatic heterocycles. The van der Waals surface area contributed by atoms with Crippen LogP contribution in [0.2, 0.25) is 0 Å². The third-order valence-electron chi connectivity index (χ3n) is 4.93. The first-order chi connectivity index (χ1) is 14.6. The van der Waals surface area contributed by atoms with Crippen molar-refractivity contribution in [3.05, 3.63) is 78.0 Å². The number of amides is 1. The van der Waals surface area contributed by atoms with Crippen LogP contribution in [0.3, 0.4) is 0 Å². The second-order valence-corrected chi connectivity index (χ2v) is 6.95.